The molecule has 0 aliphatic carbocycles. The first-order valence-electron chi connectivity index (χ1n) is 6.32. The first-order chi connectivity index (χ1) is 7.90. The Morgan fingerprint density at radius 1 is 1.18 bits per heavy atom. The van der Waals surface area contributed by atoms with E-state index in [1.807, 2.05) is 19.2 Å². The summed E-state index contributed by atoms with van der Waals surface area (Å²) in [5.74, 6) is -0.163. The molecule has 96 valence electrons. The van der Waals surface area contributed by atoms with Gasteiger partial charge in [0, 0.05) is 6.04 Å². The number of hydrogen-bond donors (Lipinski definition) is 1. The maximum absolute atomic E-state index is 12.8. The molecular weight excluding hydrogens is 213 g/mol. The van der Waals surface area contributed by atoms with Crippen molar-refractivity contribution >= 4 is 0 Å². The van der Waals surface area contributed by atoms with Gasteiger partial charge in [0.25, 0.3) is 0 Å². The number of hydrogen-bond acceptors (Lipinski definition) is 1. The lowest BCUT2D eigenvalue weighted by molar-refractivity contribution is 0.334. The number of benzene rings is 1. The van der Waals surface area contributed by atoms with Crippen molar-refractivity contribution in [2.75, 3.05) is 7.05 Å². The van der Waals surface area contributed by atoms with Crippen molar-refractivity contribution in [2.24, 2.45) is 5.41 Å². The van der Waals surface area contributed by atoms with Crippen LogP contribution in [0.25, 0.3) is 0 Å². The highest BCUT2D eigenvalue weighted by atomic mass is 19.1. The van der Waals surface area contributed by atoms with E-state index < -0.39 is 0 Å². The zero-order chi connectivity index (χ0) is 12.9. The van der Waals surface area contributed by atoms with Crippen molar-refractivity contribution in [1.82, 2.24) is 5.32 Å². The number of rotatable bonds is 5. The van der Waals surface area contributed by atoms with Gasteiger partial charge in [-0.2, -0.15) is 0 Å². The highest BCUT2D eigenvalue weighted by Crippen LogP contribution is 2.22. The predicted octanol–water partition coefficient (Wildman–Crippen LogP) is 3.78. The molecule has 0 spiro atoms. The van der Waals surface area contributed by atoms with Gasteiger partial charge in [-0.1, -0.05) is 32.9 Å². The SMILES string of the molecule is CNC(CCC(C)(C)C)Cc1ccc(F)cc1. The van der Waals surface area contributed by atoms with Gasteiger partial charge in [0.05, 0.1) is 0 Å². The molecule has 1 unspecified atom stereocenters. The number of likely N-dealkylation sites (N-methyl/N-ethyl adjacent to an activating group) is 1. The second-order valence-electron chi connectivity index (χ2n) is 5.92. The minimum atomic E-state index is -0.163. The van der Waals surface area contributed by atoms with Crippen LogP contribution < -0.4 is 5.32 Å². The van der Waals surface area contributed by atoms with Gasteiger partial charge in [0.15, 0.2) is 0 Å². The number of halogens is 1. The summed E-state index contributed by atoms with van der Waals surface area (Å²) in [5, 5.41) is 3.34. The fraction of sp³-hybridized carbons (Fsp3) is 0.600. The third-order valence-corrected chi connectivity index (χ3v) is 3.05. The Hall–Kier alpha value is -0.890. The maximum atomic E-state index is 12.8. The van der Waals surface area contributed by atoms with Crippen LogP contribution in [0, 0.1) is 11.2 Å². The van der Waals surface area contributed by atoms with Crippen LogP contribution in [-0.4, -0.2) is 13.1 Å². The highest BCUT2D eigenvalue weighted by Gasteiger charge is 2.14. The maximum Gasteiger partial charge on any atom is 0.123 e. The summed E-state index contributed by atoms with van der Waals surface area (Å²) in [4.78, 5) is 0. The second kappa shape index (κ2) is 6.15. The van der Waals surface area contributed by atoms with Gasteiger partial charge in [0.1, 0.15) is 5.82 Å². The summed E-state index contributed by atoms with van der Waals surface area (Å²) in [5.41, 5.74) is 1.57. The lowest BCUT2D eigenvalue weighted by Gasteiger charge is -2.23. The molecule has 0 aliphatic heterocycles. The molecule has 0 bridgehead atoms. The minimum Gasteiger partial charge on any atom is -0.317 e. The largest absolute Gasteiger partial charge is 0.317 e. The van der Waals surface area contributed by atoms with Crippen LogP contribution in [0.3, 0.4) is 0 Å². The van der Waals surface area contributed by atoms with Crippen molar-refractivity contribution in [2.45, 2.75) is 46.1 Å². The Labute approximate surface area is 104 Å². The highest BCUT2D eigenvalue weighted by molar-refractivity contribution is 5.17. The predicted molar refractivity (Wildman–Crippen MR) is 71.6 cm³/mol. The number of nitrogens with one attached hydrogen (secondary N) is 1. The lowest BCUT2D eigenvalue weighted by atomic mass is 9.87. The third-order valence-electron chi connectivity index (χ3n) is 3.05. The van der Waals surface area contributed by atoms with Gasteiger partial charge in [0.2, 0.25) is 0 Å². The Balaban J connectivity index is 2.49. The summed E-state index contributed by atoms with van der Waals surface area (Å²) in [6.45, 7) is 6.78. The van der Waals surface area contributed by atoms with Gasteiger partial charge >= 0.3 is 0 Å². The summed E-state index contributed by atoms with van der Waals surface area (Å²) < 4.78 is 12.8. The molecule has 0 aliphatic rings. The van der Waals surface area contributed by atoms with E-state index in [9.17, 15) is 4.39 Å². The fourth-order valence-electron chi connectivity index (χ4n) is 1.86. The van der Waals surface area contributed by atoms with Crippen LogP contribution in [0.1, 0.15) is 39.2 Å². The van der Waals surface area contributed by atoms with Crippen LogP contribution in [-0.2, 0) is 6.42 Å². The van der Waals surface area contributed by atoms with Gasteiger partial charge in [-0.05, 0) is 49.4 Å². The monoisotopic (exact) mass is 237 g/mol. The van der Waals surface area contributed by atoms with E-state index in [0.29, 0.717) is 11.5 Å². The fourth-order valence-corrected chi connectivity index (χ4v) is 1.86. The minimum absolute atomic E-state index is 0.163. The van der Waals surface area contributed by atoms with E-state index in [0.717, 1.165) is 12.8 Å². The van der Waals surface area contributed by atoms with E-state index in [-0.39, 0.29) is 5.82 Å². The lowest BCUT2D eigenvalue weighted by Crippen LogP contribution is -2.28. The molecule has 1 atom stereocenters. The summed E-state index contributed by atoms with van der Waals surface area (Å²) in [6, 6.07) is 7.28. The van der Waals surface area contributed by atoms with Crippen LogP contribution in [0.15, 0.2) is 24.3 Å². The van der Waals surface area contributed by atoms with Crippen LogP contribution >= 0.6 is 0 Å². The zero-order valence-corrected chi connectivity index (χ0v) is 11.4. The summed E-state index contributed by atoms with van der Waals surface area (Å²) in [6.07, 6.45) is 3.31. The van der Waals surface area contributed by atoms with Crippen molar-refractivity contribution in [1.29, 1.82) is 0 Å². The van der Waals surface area contributed by atoms with Gasteiger partial charge < -0.3 is 5.32 Å². The first kappa shape index (κ1) is 14.2. The topological polar surface area (TPSA) is 12.0 Å². The summed E-state index contributed by atoms with van der Waals surface area (Å²) >= 11 is 0. The van der Waals surface area contributed by atoms with E-state index >= 15 is 0 Å². The third kappa shape index (κ3) is 5.83. The second-order valence-corrected chi connectivity index (χ2v) is 5.92. The molecule has 0 saturated carbocycles. The molecule has 1 aromatic carbocycles. The molecule has 0 amide bonds. The molecule has 17 heavy (non-hydrogen) atoms. The molecule has 0 heterocycles. The Kier molecular flexibility index (Phi) is 5.13. The van der Waals surface area contributed by atoms with E-state index in [2.05, 4.69) is 26.1 Å². The van der Waals surface area contributed by atoms with Crippen molar-refractivity contribution in [3.05, 3.63) is 35.6 Å². The molecular formula is C15H24FN. The molecule has 1 N–H and O–H groups in total. The molecule has 2 heteroatoms. The smallest absolute Gasteiger partial charge is 0.123 e. The van der Waals surface area contributed by atoms with Crippen LogP contribution in [0.4, 0.5) is 4.39 Å². The van der Waals surface area contributed by atoms with Crippen LogP contribution in [0.5, 0.6) is 0 Å². The summed E-state index contributed by atoms with van der Waals surface area (Å²) in [7, 11) is 2.00. The van der Waals surface area contributed by atoms with E-state index in [1.54, 1.807) is 0 Å². The normalized spacial score (nSPS) is 13.7. The van der Waals surface area contributed by atoms with Crippen LogP contribution in [0.2, 0.25) is 0 Å². The molecule has 0 radical (unpaired) electrons. The molecule has 1 nitrogen and oxygen atoms in total. The average molecular weight is 237 g/mol. The first-order valence-corrected chi connectivity index (χ1v) is 6.32. The molecule has 1 aromatic rings. The zero-order valence-electron chi connectivity index (χ0n) is 11.4. The van der Waals surface area contributed by atoms with Crippen molar-refractivity contribution < 1.29 is 4.39 Å². The Morgan fingerprint density at radius 2 is 1.76 bits per heavy atom. The quantitative estimate of drug-likeness (QED) is 0.821. The van der Waals surface area contributed by atoms with Crippen molar-refractivity contribution in [3.63, 3.8) is 0 Å². The van der Waals surface area contributed by atoms with Gasteiger partial charge in [-0.25, -0.2) is 4.39 Å². The molecule has 0 aromatic heterocycles. The van der Waals surface area contributed by atoms with Gasteiger partial charge in [-0.3, -0.25) is 0 Å². The average Bonchev–Trinajstić information content (AvgIpc) is 2.25. The standard InChI is InChI=1S/C15H24FN/c1-15(2,3)10-9-14(17-4)11-12-5-7-13(16)8-6-12/h5-8,14,17H,9-11H2,1-4H3. The van der Waals surface area contributed by atoms with E-state index in [1.165, 1.54) is 24.1 Å². The molecule has 0 saturated heterocycles. The Morgan fingerprint density at radius 3 is 2.24 bits per heavy atom. The van der Waals surface area contributed by atoms with E-state index in [4.69, 9.17) is 0 Å². The Bertz CT molecular complexity index is 324. The molecule has 1 rings (SSSR count). The molecule has 0 fully saturated rings. The van der Waals surface area contributed by atoms with Crippen molar-refractivity contribution in [3.8, 4) is 0 Å². The van der Waals surface area contributed by atoms with Gasteiger partial charge in [-0.15, -0.1) is 0 Å².